The molecule has 0 amide bonds. The number of aromatic nitrogens is 2. The van der Waals surface area contributed by atoms with Gasteiger partial charge in [-0.05, 0) is 121 Å². The van der Waals surface area contributed by atoms with E-state index in [-0.39, 0.29) is 5.78 Å². The van der Waals surface area contributed by atoms with Crippen molar-refractivity contribution in [2.24, 2.45) is 0 Å². The minimum Gasteiger partial charge on any atom is -0.318 e. The summed E-state index contributed by atoms with van der Waals surface area (Å²) in [6.07, 6.45) is 4.21. The zero-order chi connectivity index (χ0) is 28.9. The van der Waals surface area contributed by atoms with Crippen LogP contribution in [0.25, 0.3) is 23.5 Å². The summed E-state index contributed by atoms with van der Waals surface area (Å²) < 4.78 is 4.60. The van der Waals surface area contributed by atoms with Crippen LogP contribution >= 0.6 is 0 Å². The van der Waals surface area contributed by atoms with Crippen molar-refractivity contribution >= 4 is 17.9 Å². The molecule has 0 N–H and O–H groups in total. The van der Waals surface area contributed by atoms with Crippen LogP contribution in [0.2, 0.25) is 0 Å². The van der Waals surface area contributed by atoms with Crippen molar-refractivity contribution in [1.82, 2.24) is 14.0 Å². The van der Waals surface area contributed by atoms with Gasteiger partial charge in [-0.1, -0.05) is 35.4 Å². The summed E-state index contributed by atoms with van der Waals surface area (Å²) in [5, 5.41) is 0. The second-order valence-electron chi connectivity index (χ2n) is 11.7. The van der Waals surface area contributed by atoms with E-state index < -0.39 is 0 Å². The van der Waals surface area contributed by atoms with E-state index >= 15 is 0 Å². The van der Waals surface area contributed by atoms with Crippen LogP contribution in [0.5, 0.6) is 0 Å². The fourth-order valence-electron chi connectivity index (χ4n) is 6.31. The SMILES string of the molecule is Cc1ccc(-n2c(C)cc(/C=C3/CN(C)C/C(=C/c4cc(C)n(-c5ccc(C)cc5C)c4C)C3=O)c2C)c(C)c1. The smallest absolute Gasteiger partial charge is 0.187 e. The number of carbonyl (C=O) groups excluding carboxylic acids is 1. The summed E-state index contributed by atoms with van der Waals surface area (Å²) in [5.74, 6) is 0.144. The molecule has 0 unspecified atom stereocenters. The molecule has 1 aliphatic rings. The standard InChI is InChI=1S/C36H41N3O/c1-22-10-12-34(24(3)14-22)38-26(5)16-30(28(38)7)18-32-20-37(9)21-33(36(32)40)19-31-17-27(6)39(29(31)8)35-13-11-23(2)15-25(35)4/h10-19H,20-21H2,1-9H3/b32-18-,33-19-. The first-order valence-electron chi connectivity index (χ1n) is 14.1. The van der Waals surface area contributed by atoms with Crippen LogP contribution in [-0.4, -0.2) is 40.0 Å². The van der Waals surface area contributed by atoms with Gasteiger partial charge in [0.2, 0.25) is 0 Å². The van der Waals surface area contributed by atoms with Crippen molar-refractivity contribution < 1.29 is 4.79 Å². The predicted molar refractivity (Wildman–Crippen MR) is 168 cm³/mol. The van der Waals surface area contributed by atoms with Crippen LogP contribution < -0.4 is 0 Å². The van der Waals surface area contributed by atoms with E-state index in [4.69, 9.17) is 0 Å². The van der Waals surface area contributed by atoms with E-state index in [2.05, 4.69) is 137 Å². The zero-order valence-electron chi connectivity index (χ0n) is 25.4. The van der Waals surface area contributed by atoms with E-state index in [0.717, 1.165) is 33.7 Å². The molecule has 40 heavy (non-hydrogen) atoms. The van der Waals surface area contributed by atoms with Crippen molar-refractivity contribution in [3.63, 3.8) is 0 Å². The fraction of sp³-hybridized carbons (Fsp3) is 0.306. The average Bonchev–Trinajstić information content (AvgIpc) is 3.30. The Morgan fingerprint density at radius 1 is 0.600 bits per heavy atom. The van der Waals surface area contributed by atoms with Gasteiger partial charge in [0, 0.05) is 58.4 Å². The monoisotopic (exact) mass is 531 g/mol. The van der Waals surface area contributed by atoms with E-state index in [1.165, 1.54) is 45.0 Å². The molecule has 1 fully saturated rings. The Morgan fingerprint density at radius 3 is 1.38 bits per heavy atom. The molecular weight excluding hydrogens is 490 g/mol. The fourth-order valence-corrected chi connectivity index (χ4v) is 6.31. The Hall–Kier alpha value is -3.89. The van der Waals surface area contributed by atoms with Gasteiger partial charge < -0.3 is 9.13 Å². The normalized spacial score (nSPS) is 16.5. The Bertz CT molecular complexity index is 1580. The molecule has 2 aromatic heterocycles. The van der Waals surface area contributed by atoms with Crippen molar-refractivity contribution in [1.29, 1.82) is 0 Å². The van der Waals surface area contributed by atoms with Gasteiger partial charge in [0.15, 0.2) is 5.78 Å². The minimum atomic E-state index is 0.144. The molecule has 1 aliphatic heterocycles. The first kappa shape index (κ1) is 27.7. The summed E-state index contributed by atoms with van der Waals surface area (Å²) in [6, 6.07) is 17.5. The molecule has 0 atom stereocenters. The number of likely N-dealkylation sites (tertiary alicyclic amines) is 1. The molecule has 4 aromatic rings. The summed E-state index contributed by atoms with van der Waals surface area (Å²) in [6.45, 7) is 18.4. The van der Waals surface area contributed by atoms with E-state index in [1.807, 2.05) is 0 Å². The number of hydrogen-bond acceptors (Lipinski definition) is 2. The Morgan fingerprint density at radius 2 is 1.00 bits per heavy atom. The topological polar surface area (TPSA) is 30.2 Å². The average molecular weight is 532 g/mol. The van der Waals surface area contributed by atoms with E-state index in [0.29, 0.717) is 13.1 Å². The lowest BCUT2D eigenvalue weighted by Crippen LogP contribution is -2.34. The molecule has 0 aliphatic carbocycles. The number of likely N-dealkylation sites (N-methyl/N-ethyl adjacent to an activating group) is 1. The van der Waals surface area contributed by atoms with E-state index in [1.54, 1.807) is 0 Å². The van der Waals surface area contributed by atoms with Crippen LogP contribution in [-0.2, 0) is 4.79 Å². The number of Topliss-reactive ketones (excluding diaryl/α,β-unsaturated/α-hetero) is 1. The molecule has 0 bridgehead atoms. The lowest BCUT2D eigenvalue weighted by Gasteiger charge is -2.26. The van der Waals surface area contributed by atoms with Gasteiger partial charge in [-0.3, -0.25) is 9.69 Å². The molecule has 0 spiro atoms. The Kier molecular flexibility index (Phi) is 7.32. The molecule has 0 saturated carbocycles. The number of carbonyl (C=O) groups is 1. The molecule has 4 nitrogen and oxygen atoms in total. The minimum absolute atomic E-state index is 0.144. The lowest BCUT2D eigenvalue weighted by atomic mass is 9.94. The van der Waals surface area contributed by atoms with Gasteiger partial charge in [0.25, 0.3) is 0 Å². The van der Waals surface area contributed by atoms with Gasteiger partial charge in [0.05, 0.1) is 0 Å². The van der Waals surface area contributed by atoms with Crippen LogP contribution in [0, 0.1) is 55.4 Å². The highest BCUT2D eigenvalue weighted by Crippen LogP contribution is 2.30. The predicted octanol–water partition coefficient (Wildman–Crippen LogP) is 7.72. The largest absolute Gasteiger partial charge is 0.318 e. The molecule has 2 aromatic carbocycles. The summed E-state index contributed by atoms with van der Waals surface area (Å²) in [4.78, 5) is 16.1. The summed E-state index contributed by atoms with van der Waals surface area (Å²) in [5.41, 5.74) is 15.9. The van der Waals surface area contributed by atoms with Gasteiger partial charge in [0.1, 0.15) is 0 Å². The number of benzene rings is 2. The van der Waals surface area contributed by atoms with Crippen LogP contribution in [0.1, 0.15) is 56.2 Å². The van der Waals surface area contributed by atoms with Crippen molar-refractivity contribution in [2.45, 2.75) is 55.4 Å². The summed E-state index contributed by atoms with van der Waals surface area (Å²) in [7, 11) is 2.09. The van der Waals surface area contributed by atoms with Gasteiger partial charge in [-0.25, -0.2) is 0 Å². The summed E-state index contributed by atoms with van der Waals surface area (Å²) >= 11 is 0. The Balaban J connectivity index is 1.52. The first-order chi connectivity index (χ1) is 18.9. The zero-order valence-corrected chi connectivity index (χ0v) is 25.4. The molecular formula is C36H41N3O. The number of nitrogens with zero attached hydrogens (tertiary/aromatic N) is 3. The quantitative estimate of drug-likeness (QED) is 0.252. The molecule has 0 radical (unpaired) electrons. The highest BCUT2D eigenvalue weighted by molar-refractivity contribution is 6.14. The number of ketones is 1. The number of hydrogen-bond donors (Lipinski definition) is 0. The van der Waals surface area contributed by atoms with Crippen molar-refractivity contribution in [3.8, 4) is 11.4 Å². The maximum Gasteiger partial charge on any atom is 0.187 e. The van der Waals surface area contributed by atoms with Gasteiger partial charge in [-0.2, -0.15) is 0 Å². The number of aryl methyl sites for hydroxylation is 6. The van der Waals surface area contributed by atoms with E-state index in [9.17, 15) is 4.79 Å². The third-order valence-corrected chi connectivity index (χ3v) is 8.25. The van der Waals surface area contributed by atoms with Crippen molar-refractivity contribution in [3.05, 3.63) is 116 Å². The second kappa shape index (κ2) is 10.6. The molecule has 4 heteroatoms. The maximum atomic E-state index is 13.8. The van der Waals surface area contributed by atoms with Gasteiger partial charge in [-0.15, -0.1) is 0 Å². The van der Waals surface area contributed by atoms with Crippen LogP contribution in [0.3, 0.4) is 0 Å². The van der Waals surface area contributed by atoms with Crippen LogP contribution in [0.4, 0.5) is 0 Å². The van der Waals surface area contributed by atoms with Gasteiger partial charge >= 0.3 is 0 Å². The lowest BCUT2D eigenvalue weighted by molar-refractivity contribution is -0.113. The molecule has 206 valence electrons. The molecule has 1 saturated heterocycles. The third kappa shape index (κ3) is 5.04. The highest BCUT2D eigenvalue weighted by atomic mass is 16.1. The third-order valence-electron chi connectivity index (χ3n) is 8.25. The number of rotatable bonds is 4. The Labute approximate surface area is 239 Å². The molecule has 5 rings (SSSR count). The van der Waals surface area contributed by atoms with Crippen molar-refractivity contribution in [2.75, 3.05) is 20.1 Å². The van der Waals surface area contributed by atoms with Crippen LogP contribution in [0.15, 0.2) is 59.7 Å². The highest BCUT2D eigenvalue weighted by Gasteiger charge is 2.25. The second-order valence-corrected chi connectivity index (χ2v) is 11.7. The number of piperidine rings is 1. The maximum absolute atomic E-state index is 13.8. The molecule has 3 heterocycles. The first-order valence-corrected chi connectivity index (χ1v) is 14.1.